The van der Waals surface area contributed by atoms with Gasteiger partial charge in [0.1, 0.15) is 5.75 Å². The Bertz CT molecular complexity index is 564. The molecule has 0 aliphatic rings. The average Bonchev–Trinajstić information content (AvgIpc) is 2.47. The summed E-state index contributed by atoms with van der Waals surface area (Å²) in [6.45, 7) is 0.348. The summed E-state index contributed by atoms with van der Waals surface area (Å²) in [5.41, 5.74) is -0.702. The van der Waals surface area contributed by atoms with Crippen LogP contribution in [0.2, 0.25) is 0 Å². The van der Waals surface area contributed by atoms with Crippen LogP contribution in [0.4, 0.5) is 13.2 Å². The molecule has 2 aromatic rings. The molecule has 0 saturated carbocycles. The van der Waals surface area contributed by atoms with Gasteiger partial charge in [-0.1, -0.05) is 17.8 Å². The van der Waals surface area contributed by atoms with Crippen molar-refractivity contribution in [1.29, 1.82) is 0 Å². The minimum Gasteiger partial charge on any atom is -0.494 e. The van der Waals surface area contributed by atoms with Crippen LogP contribution in [0, 0.1) is 0 Å². The smallest absolute Gasteiger partial charge is 0.416 e. The Morgan fingerprint density at radius 2 is 1.86 bits per heavy atom. The minimum absolute atomic E-state index is 0.228. The van der Waals surface area contributed by atoms with E-state index in [0.717, 1.165) is 17.9 Å². The molecule has 0 radical (unpaired) electrons. The van der Waals surface area contributed by atoms with Gasteiger partial charge in [0.05, 0.1) is 12.2 Å². The fraction of sp³-hybridized carbons (Fsp3) is 0.286. The molecule has 21 heavy (non-hydrogen) atoms. The zero-order valence-electron chi connectivity index (χ0n) is 11.0. The third-order valence-corrected chi connectivity index (χ3v) is 3.45. The second-order valence-electron chi connectivity index (χ2n) is 4.11. The van der Waals surface area contributed by atoms with Gasteiger partial charge in [0.15, 0.2) is 5.16 Å². The number of hydrogen-bond acceptors (Lipinski definition) is 4. The number of ether oxygens (including phenoxy) is 1. The van der Waals surface area contributed by atoms with E-state index < -0.39 is 11.7 Å². The quantitative estimate of drug-likeness (QED) is 0.457. The Morgan fingerprint density at radius 1 is 1.10 bits per heavy atom. The van der Waals surface area contributed by atoms with Crippen LogP contribution in [0.1, 0.15) is 12.0 Å². The van der Waals surface area contributed by atoms with Crippen LogP contribution in [0.5, 0.6) is 5.75 Å². The maximum absolute atomic E-state index is 12.5. The monoisotopic (exact) mass is 314 g/mol. The number of hydrogen-bond donors (Lipinski definition) is 0. The molecular formula is C14H13F3N2OS. The minimum atomic E-state index is -4.35. The van der Waals surface area contributed by atoms with Gasteiger partial charge >= 0.3 is 6.18 Å². The van der Waals surface area contributed by atoms with Crippen molar-refractivity contribution in [3.8, 4) is 5.75 Å². The van der Waals surface area contributed by atoms with E-state index in [0.29, 0.717) is 18.2 Å². The van der Waals surface area contributed by atoms with Crippen LogP contribution in [-0.4, -0.2) is 22.3 Å². The molecule has 0 saturated heterocycles. The average molecular weight is 314 g/mol. The summed E-state index contributed by atoms with van der Waals surface area (Å²) in [6.07, 6.45) is -0.331. The van der Waals surface area contributed by atoms with Gasteiger partial charge in [-0.3, -0.25) is 0 Å². The SMILES string of the molecule is FC(F)(F)c1cccc(OCCCSc2ncccn2)c1. The van der Waals surface area contributed by atoms with Gasteiger partial charge in [-0.25, -0.2) is 9.97 Å². The standard InChI is InChI=1S/C14H13F3N2OS/c15-14(16,17)11-4-1-5-12(10-11)20-8-3-9-21-13-18-6-2-7-19-13/h1-2,4-7,10H,3,8-9H2. The van der Waals surface area contributed by atoms with E-state index in [9.17, 15) is 13.2 Å². The maximum atomic E-state index is 12.5. The van der Waals surface area contributed by atoms with E-state index in [1.807, 2.05) is 0 Å². The molecule has 1 aromatic carbocycles. The predicted molar refractivity (Wildman–Crippen MR) is 74.3 cm³/mol. The lowest BCUT2D eigenvalue weighted by molar-refractivity contribution is -0.137. The Hall–Kier alpha value is -1.76. The first-order chi connectivity index (χ1) is 10.1. The molecule has 1 aromatic heterocycles. The Kier molecular flexibility index (Phi) is 5.44. The van der Waals surface area contributed by atoms with Crippen LogP contribution in [0.25, 0.3) is 0 Å². The number of halogens is 3. The Labute approximate surface area is 124 Å². The number of thioether (sulfide) groups is 1. The molecule has 7 heteroatoms. The topological polar surface area (TPSA) is 35.0 Å². The molecule has 0 atom stereocenters. The molecule has 0 N–H and O–H groups in total. The van der Waals surface area contributed by atoms with Gasteiger partial charge in [0.25, 0.3) is 0 Å². The van der Waals surface area contributed by atoms with E-state index in [-0.39, 0.29) is 5.75 Å². The van der Waals surface area contributed by atoms with E-state index in [1.54, 1.807) is 18.5 Å². The van der Waals surface area contributed by atoms with Crippen molar-refractivity contribution >= 4 is 11.8 Å². The Balaban J connectivity index is 1.74. The molecule has 0 amide bonds. The summed E-state index contributed by atoms with van der Waals surface area (Å²) in [6, 6.07) is 6.62. The number of benzene rings is 1. The lowest BCUT2D eigenvalue weighted by Gasteiger charge is -2.10. The number of nitrogens with zero attached hydrogens (tertiary/aromatic N) is 2. The molecule has 0 bridgehead atoms. The summed E-state index contributed by atoms with van der Waals surface area (Å²) in [4.78, 5) is 8.12. The zero-order chi connectivity index (χ0) is 15.1. The van der Waals surface area contributed by atoms with Crippen molar-refractivity contribution < 1.29 is 17.9 Å². The Morgan fingerprint density at radius 3 is 2.57 bits per heavy atom. The largest absolute Gasteiger partial charge is 0.494 e. The van der Waals surface area contributed by atoms with Crippen LogP contribution in [0.3, 0.4) is 0 Å². The van der Waals surface area contributed by atoms with Crippen LogP contribution in [0.15, 0.2) is 47.9 Å². The summed E-state index contributed by atoms with van der Waals surface area (Å²) >= 11 is 1.48. The first-order valence-corrected chi connectivity index (χ1v) is 7.24. The van der Waals surface area contributed by atoms with Gasteiger partial charge in [-0.15, -0.1) is 0 Å². The lowest BCUT2D eigenvalue weighted by Crippen LogP contribution is -2.05. The summed E-state index contributed by atoms with van der Waals surface area (Å²) < 4.78 is 42.9. The molecule has 112 valence electrons. The number of alkyl halides is 3. The van der Waals surface area contributed by atoms with Gasteiger partial charge in [0, 0.05) is 18.1 Å². The molecule has 2 rings (SSSR count). The van der Waals surface area contributed by atoms with Crippen molar-refractivity contribution in [2.75, 3.05) is 12.4 Å². The van der Waals surface area contributed by atoms with E-state index in [2.05, 4.69) is 9.97 Å². The number of aromatic nitrogens is 2. The normalized spacial score (nSPS) is 11.4. The van der Waals surface area contributed by atoms with E-state index in [4.69, 9.17) is 4.74 Å². The van der Waals surface area contributed by atoms with E-state index >= 15 is 0 Å². The van der Waals surface area contributed by atoms with Crippen molar-refractivity contribution in [3.05, 3.63) is 48.3 Å². The third-order valence-electron chi connectivity index (χ3n) is 2.49. The van der Waals surface area contributed by atoms with Crippen LogP contribution in [-0.2, 0) is 6.18 Å². The summed E-state index contributed by atoms with van der Waals surface area (Å²) in [7, 11) is 0. The summed E-state index contributed by atoms with van der Waals surface area (Å²) in [5.74, 6) is 0.967. The molecule has 0 aliphatic heterocycles. The van der Waals surface area contributed by atoms with E-state index in [1.165, 1.54) is 23.9 Å². The molecule has 0 fully saturated rings. The van der Waals surface area contributed by atoms with Crippen LogP contribution < -0.4 is 4.74 Å². The highest BCUT2D eigenvalue weighted by atomic mass is 32.2. The predicted octanol–water partition coefficient (Wildman–Crippen LogP) is 4.06. The van der Waals surface area contributed by atoms with Crippen molar-refractivity contribution in [2.24, 2.45) is 0 Å². The first kappa shape index (κ1) is 15.6. The van der Waals surface area contributed by atoms with Crippen molar-refractivity contribution in [2.45, 2.75) is 17.8 Å². The lowest BCUT2D eigenvalue weighted by atomic mass is 10.2. The molecule has 1 heterocycles. The highest BCUT2D eigenvalue weighted by Gasteiger charge is 2.30. The maximum Gasteiger partial charge on any atom is 0.416 e. The molecule has 0 aliphatic carbocycles. The first-order valence-electron chi connectivity index (χ1n) is 6.25. The zero-order valence-corrected chi connectivity index (χ0v) is 11.8. The molecular weight excluding hydrogens is 301 g/mol. The van der Waals surface area contributed by atoms with Gasteiger partial charge in [-0.05, 0) is 30.7 Å². The molecule has 0 unspecified atom stereocenters. The second kappa shape index (κ2) is 7.31. The van der Waals surface area contributed by atoms with Gasteiger partial charge in [0.2, 0.25) is 0 Å². The number of rotatable bonds is 6. The van der Waals surface area contributed by atoms with Gasteiger partial charge < -0.3 is 4.74 Å². The third kappa shape index (κ3) is 5.26. The second-order valence-corrected chi connectivity index (χ2v) is 5.17. The summed E-state index contributed by atoms with van der Waals surface area (Å²) in [5, 5.41) is 0.677. The van der Waals surface area contributed by atoms with Crippen molar-refractivity contribution in [1.82, 2.24) is 9.97 Å². The fourth-order valence-corrected chi connectivity index (χ4v) is 2.25. The van der Waals surface area contributed by atoms with Crippen LogP contribution >= 0.6 is 11.8 Å². The molecule has 3 nitrogen and oxygen atoms in total. The highest BCUT2D eigenvalue weighted by Crippen LogP contribution is 2.31. The highest BCUT2D eigenvalue weighted by molar-refractivity contribution is 7.99. The van der Waals surface area contributed by atoms with Gasteiger partial charge in [-0.2, -0.15) is 13.2 Å². The molecule has 0 spiro atoms. The fourth-order valence-electron chi connectivity index (χ4n) is 1.53. The van der Waals surface area contributed by atoms with Crippen molar-refractivity contribution in [3.63, 3.8) is 0 Å².